The third-order valence-electron chi connectivity index (χ3n) is 3.70. The number of hydrogen-bond donors (Lipinski definition) is 0. The van der Waals surface area contributed by atoms with Crippen molar-refractivity contribution in [2.75, 3.05) is 33.2 Å². The fraction of sp³-hybridized carbons (Fsp3) is 0.412. The Hall–Kier alpha value is -2.48. The Morgan fingerprint density at radius 1 is 1.23 bits per heavy atom. The molecule has 0 amide bonds. The molecule has 0 aliphatic carbocycles. The van der Waals surface area contributed by atoms with Gasteiger partial charge in [-0.1, -0.05) is 0 Å². The molecule has 22 heavy (non-hydrogen) atoms. The summed E-state index contributed by atoms with van der Waals surface area (Å²) in [6, 6.07) is 6.01. The lowest BCUT2D eigenvalue weighted by atomic mass is 10.0. The smallest absolute Gasteiger partial charge is 0.148 e. The highest BCUT2D eigenvalue weighted by atomic mass is 16.5. The third-order valence-corrected chi connectivity index (χ3v) is 3.70. The summed E-state index contributed by atoms with van der Waals surface area (Å²) in [6.45, 7) is 1.98. The number of methoxy groups -OCH3 is 2. The van der Waals surface area contributed by atoms with Gasteiger partial charge in [-0.3, -0.25) is 0 Å². The summed E-state index contributed by atoms with van der Waals surface area (Å²) < 4.78 is 10.8. The van der Waals surface area contributed by atoms with Gasteiger partial charge in [-0.05, 0) is 25.0 Å². The molecule has 5 nitrogen and oxygen atoms in total. The zero-order chi connectivity index (χ0) is 16.3. The normalized spacial score (nSPS) is 10.4. The molecule has 0 saturated carbocycles. The maximum absolute atomic E-state index is 8.90. The Balaban J connectivity index is 2.85. The summed E-state index contributed by atoms with van der Waals surface area (Å²) in [5, 5.41) is 9.87. The Bertz CT molecular complexity index is 733. The van der Waals surface area contributed by atoms with Crippen LogP contribution in [0.25, 0.3) is 10.9 Å². The zero-order valence-corrected chi connectivity index (χ0v) is 13.7. The summed E-state index contributed by atoms with van der Waals surface area (Å²) in [6.07, 6.45) is 1.15. The van der Waals surface area contributed by atoms with E-state index >= 15 is 0 Å². The summed E-state index contributed by atoms with van der Waals surface area (Å²) in [7, 11) is 7.25. The van der Waals surface area contributed by atoms with Gasteiger partial charge in [0, 0.05) is 37.7 Å². The van der Waals surface area contributed by atoms with Crippen molar-refractivity contribution < 1.29 is 9.47 Å². The second-order valence-electron chi connectivity index (χ2n) is 5.30. The van der Waals surface area contributed by atoms with Crippen LogP contribution < -0.4 is 14.4 Å². The van der Waals surface area contributed by atoms with E-state index in [0.717, 1.165) is 33.6 Å². The van der Waals surface area contributed by atoms with Crippen LogP contribution in [0.5, 0.6) is 11.5 Å². The van der Waals surface area contributed by atoms with Crippen molar-refractivity contribution in [3.8, 4) is 17.6 Å². The first-order valence-corrected chi connectivity index (χ1v) is 7.13. The van der Waals surface area contributed by atoms with Crippen LogP contribution in [0.4, 0.5) is 5.69 Å². The molecule has 0 bridgehead atoms. The second-order valence-corrected chi connectivity index (χ2v) is 5.30. The number of anilines is 1. The number of pyridine rings is 1. The summed E-state index contributed by atoms with van der Waals surface area (Å²) in [5.74, 6) is 1.41. The molecule has 116 valence electrons. The van der Waals surface area contributed by atoms with E-state index in [2.05, 4.69) is 11.0 Å². The molecule has 0 aliphatic rings. The number of benzene rings is 1. The fourth-order valence-electron chi connectivity index (χ4n) is 2.71. The van der Waals surface area contributed by atoms with Crippen LogP contribution in [0.1, 0.15) is 17.7 Å². The third kappa shape index (κ3) is 2.77. The van der Waals surface area contributed by atoms with Gasteiger partial charge in [0.1, 0.15) is 17.0 Å². The van der Waals surface area contributed by atoms with Crippen molar-refractivity contribution in [2.45, 2.75) is 19.8 Å². The van der Waals surface area contributed by atoms with E-state index in [4.69, 9.17) is 19.7 Å². The molecule has 2 aromatic rings. The van der Waals surface area contributed by atoms with Crippen molar-refractivity contribution in [1.82, 2.24) is 4.98 Å². The Morgan fingerprint density at radius 3 is 2.50 bits per heavy atom. The van der Waals surface area contributed by atoms with Gasteiger partial charge in [0.25, 0.3) is 0 Å². The molecule has 0 atom stereocenters. The van der Waals surface area contributed by atoms with E-state index in [9.17, 15) is 0 Å². The molecule has 1 heterocycles. The Labute approximate surface area is 131 Å². The average molecular weight is 299 g/mol. The standard InChI is InChI=1S/C17H21N3O2/c1-11-13(7-6-8-18)17(20(2)3)14-9-12(21-4)10-15(22-5)16(14)19-11/h9-10H,6-7H2,1-5H3. The van der Waals surface area contributed by atoms with E-state index < -0.39 is 0 Å². The molecule has 0 unspecified atom stereocenters. The van der Waals surface area contributed by atoms with Crippen molar-refractivity contribution in [1.29, 1.82) is 5.26 Å². The lowest BCUT2D eigenvalue weighted by Gasteiger charge is -2.22. The lowest BCUT2D eigenvalue weighted by Crippen LogP contribution is -2.14. The van der Waals surface area contributed by atoms with E-state index in [1.54, 1.807) is 14.2 Å². The first-order chi connectivity index (χ1) is 10.5. The summed E-state index contributed by atoms with van der Waals surface area (Å²) in [5.41, 5.74) is 3.89. The first kappa shape index (κ1) is 15.9. The molecule has 5 heteroatoms. The van der Waals surface area contributed by atoms with Gasteiger partial charge in [-0.2, -0.15) is 5.26 Å². The molecule has 1 aromatic heterocycles. The van der Waals surface area contributed by atoms with Crippen molar-refractivity contribution in [2.24, 2.45) is 0 Å². The predicted molar refractivity (Wildman–Crippen MR) is 87.8 cm³/mol. The molecule has 0 aliphatic heterocycles. The maximum Gasteiger partial charge on any atom is 0.148 e. The molecule has 0 fully saturated rings. The second kappa shape index (κ2) is 6.52. The molecule has 1 aromatic carbocycles. The first-order valence-electron chi connectivity index (χ1n) is 7.13. The number of aryl methyl sites for hydroxylation is 1. The molecule has 0 saturated heterocycles. The van der Waals surface area contributed by atoms with Crippen LogP contribution in [-0.2, 0) is 6.42 Å². The SMILES string of the molecule is COc1cc(OC)c2nc(C)c(CCC#N)c(N(C)C)c2c1. The van der Waals surface area contributed by atoms with Gasteiger partial charge < -0.3 is 14.4 Å². The Kier molecular flexibility index (Phi) is 4.71. The van der Waals surface area contributed by atoms with Crippen LogP contribution >= 0.6 is 0 Å². The lowest BCUT2D eigenvalue weighted by molar-refractivity contribution is 0.397. The molecule has 0 N–H and O–H groups in total. The van der Waals surface area contributed by atoms with Crippen LogP contribution in [0.15, 0.2) is 12.1 Å². The topological polar surface area (TPSA) is 58.4 Å². The van der Waals surface area contributed by atoms with Crippen molar-refractivity contribution in [3.63, 3.8) is 0 Å². The van der Waals surface area contributed by atoms with Crippen LogP contribution in [0.2, 0.25) is 0 Å². The summed E-state index contributed by atoms with van der Waals surface area (Å²) >= 11 is 0. The van der Waals surface area contributed by atoms with Gasteiger partial charge in [0.05, 0.1) is 26.0 Å². The highest BCUT2D eigenvalue weighted by Crippen LogP contribution is 2.38. The van der Waals surface area contributed by atoms with E-state index in [1.807, 2.05) is 33.2 Å². The summed E-state index contributed by atoms with van der Waals surface area (Å²) in [4.78, 5) is 6.76. The minimum atomic E-state index is 0.468. The Morgan fingerprint density at radius 2 is 1.95 bits per heavy atom. The van der Waals surface area contributed by atoms with Gasteiger partial charge in [0.2, 0.25) is 0 Å². The minimum absolute atomic E-state index is 0.468. The molecular weight excluding hydrogens is 278 g/mol. The number of fused-ring (bicyclic) bond motifs is 1. The number of ether oxygens (including phenoxy) is 2. The van der Waals surface area contributed by atoms with Crippen LogP contribution in [0.3, 0.4) is 0 Å². The predicted octanol–water partition coefficient (Wildman–Crippen LogP) is 3.08. The number of aromatic nitrogens is 1. The number of rotatable bonds is 5. The quantitative estimate of drug-likeness (QED) is 0.849. The van der Waals surface area contributed by atoms with Gasteiger partial charge in [-0.25, -0.2) is 4.98 Å². The van der Waals surface area contributed by atoms with E-state index in [1.165, 1.54) is 0 Å². The largest absolute Gasteiger partial charge is 0.497 e. The van der Waals surface area contributed by atoms with Crippen LogP contribution in [-0.4, -0.2) is 33.3 Å². The maximum atomic E-state index is 8.90. The van der Waals surface area contributed by atoms with E-state index in [0.29, 0.717) is 18.6 Å². The number of nitriles is 1. The molecule has 0 spiro atoms. The van der Waals surface area contributed by atoms with Gasteiger partial charge >= 0.3 is 0 Å². The number of nitrogens with zero attached hydrogens (tertiary/aromatic N) is 3. The number of hydrogen-bond acceptors (Lipinski definition) is 5. The van der Waals surface area contributed by atoms with E-state index in [-0.39, 0.29) is 0 Å². The fourth-order valence-corrected chi connectivity index (χ4v) is 2.71. The zero-order valence-electron chi connectivity index (χ0n) is 13.7. The van der Waals surface area contributed by atoms with Crippen molar-refractivity contribution in [3.05, 3.63) is 23.4 Å². The van der Waals surface area contributed by atoms with Crippen molar-refractivity contribution >= 4 is 16.6 Å². The highest BCUT2D eigenvalue weighted by Gasteiger charge is 2.18. The average Bonchev–Trinajstić information content (AvgIpc) is 2.51. The van der Waals surface area contributed by atoms with Crippen LogP contribution in [0, 0.1) is 18.3 Å². The molecule has 2 rings (SSSR count). The molecule has 0 radical (unpaired) electrons. The monoisotopic (exact) mass is 299 g/mol. The minimum Gasteiger partial charge on any atom is -0.497 e. The molecular formula is C17H21N3O2. The van der Waals surface area contributed by atoms with Gasteiger partial charge in [-0.15, -0.1) is 0 Å². The van der Waals surface area contributed by atoms with Gasteiger partial charge in [0.15, 0.2) is 0 Å². The highest BCUT2D eigenvalue weighted by molar-refractivity contribution is 5.98.